The van der Waals surface area contributed by atoms with Gasteiger partial charge in [0.25, 0.3) is 0 Å². The molecular formula is C29H45Cl2N3O2. The molecule has 0 aliphatic carbocycles. The molecule has 1 aromatic carbocycles. The monoisotopic (exact) mass is 537 g/mol. The largest absolute Gasteiger partial charge is 0.462 e. The molecule has 0 aromatic heterocycles. The van der Waals surface area contributed by atoms with Gasteiger partial charge in [-0.3, -0.25) is 4.79 Å². The highest BCUT2D eigenvalue weighted by molar-refractivity contribution is 6.32. The van der Waals surface area contributed by atoms with Crippen LogP contribution >= 0.6 is 23.2 Å². The van der Waals surface area contributed by atoms with Gasteiger partial charge in [0.2, 0.25) is 0 Å². The SMILES string of the molecule is C=C/C=C(Cl)\C(N)=C(/CC(CCCC)OC(=O)C(C)(C)C)N(C)CCCN(C)c1ccc(Cl)cc1C. The van der Waals surface area contributed by atoms with E-state index < -0.39 is 5.41 Å². The quantitative estimate of drug-likeness (QED) is 0.197. The molecule has 0 saturated carbocycles. The van der Waals surface area contributed by atoms with Gasteiger partial charge in [0.1, 0.15) is 6.10 Å². The maximum absolute atomic E-state index is 12.7. The molecular weight excluding hydrogens is 493 g/mol. The van der Waals surface area contributed by atoms with E-state index in [4.69, 9.17) is 33.7 Å². The Hall–Kier alpha value is -2.11. The molecule has 1 aromatic rings. The molecule has 0 aliphatic rings. The van der Waals surface area contributed by atoms with Gasteiger partial charge in [-0.1, -0.05) is 55.6 Å². The third-order valence-electron chi connectivity index (χ3n) is 6.04. The van der Waals surface area contributed by atoms with Crippen LogP contribution in [0.3, 0.4) is 0 Å². The van der Waals surface area contributed by atoms with Crippen LogP contribution in [0, 0.1) is 12.3 Å². The summed E-state index contributed by atoms with van der Waals surface area (Å²) in [4.78, 5) is 17.0. The lowest BCUT2D eigenvalue weighted by molar-refractivity contribution is -0.159. The summed E-state index contributed by atoms with van der Waals surface area (Å²) < 4.78 is 5.95. The van der Waals surface area contributed by atoms with Crippen molar-refractivity contribution < 1.29 is 9.53 Å². The summed E-state index contributed by atoms with van der Waals surface area (Å²) in [6.45, 7) is 15.1. The van der Waals surface area contributed by atoms with Crippen LogP contribution in [0.4, 0.5) is 5.69 Å². The van der Waals surface area contributed by atoms with E-state index in [9.17, 15) is 4.79 Å². The predicted molar refractivity (Wildman–Crippen MR) is 156 cm³/mol. The molecule has 0 fully saturated rings. The summed E-state index contributed by atoms with van der Waals surface area (Å²) in [5.41, 5.74) is 9.60. The summed E-state index contributed by atoms with van der Waals surface area (Å²) >= 11 is 12.6. The van der Waals surface area contributed by atoms with Gasteiger partial charge in [-0.05, 0) is 70.4 Å². The molecule has 0 radical (unpaired) electrons. The van der Waals surface area contributed by atoms with Crippen molar-refractivity contribution in [2.45, 2.75) is 72.8 Å². The van der Waals surface area contributed by atoms with Crippen LogP contribution in [0.25, 0.3) is 0 Å². The number of rotatable bonds is 14. The second-order valence-electron chi connectivity index (χ2n) is 10.4. The third kappa shape index (κ3) is 10.5. The molecule has 0 spiro atoms. The number of benzene rings is 1. The van der Waals surface area contributed by atoms with Gasteiger partial charge in [0.15, 0.2) is 0 Å². The lowest BCUT2D eigenvalue weighted by Gasteiger charge is -2.30. The Bertz CT molecular complexity index is 935. The Morgan fingerprint density at radius 3 is 2.44 bits per heavy atom. The van der Waals surface area contributed by atoms with Crippen molar-refractivity contribution in [3.05, 3.63) is 63.9 Å². The van der Waals surface area contributed by atoms with Crippen molar-refractivity contribution in [1.29, 1.82) is 0 Å². The van der Waals surface area contributed by atoms with Crippen molar-refractivity contribution in [3.63, 3.8) is 0 Å². The zero-order valence-electron chi connectivity index (χ0n) is 23.2. The normalized spacial score (nSPS) is 13.6. The van der Waals surface area contributed by atoms with Crippen LogP contribution in [0.2, 0.25) is 5.02 Å². The summed E-state index contributed by atoms with van der Waals surface area (Å²) in [7, 11) is 4.09. The van der Waals surface area contributed by atoms with Gasteiger partial charge < -0.3 is 20.3 Å². The molecule has 5 nitrogen and oxygen atoms in total. The summed E-state index contributed by atoms with van der Waals surface area (Å²) in [6, 6.07) is 5.94. The van der Waals surface area contributed by atoms with Crippen LogP contribution in [0.5, 0.6) is 0 Å². The number of ether oxygens (including phenoxy) is 1. The number of unbranched alkanes of at least 4 members (excludes halogenated alkanes) is 1. The predicted octanol–water partition coefficient (Wildman–Crippen LogP) is 7.42. The molecule has 0 amide bonds. The highest BCUT2D eigenvalue weighted by Crippen LogP contribution is 2.27. The second-order valence-corrected chi connectivity index (χ2v) is 11.2. The molecule has 0 aliphatic heterocycles. The molecule has 1 atom stereocenters. The van der Waals surface area contributed by atoms with Crippen LogP contribution in [0.1, 0.15) is 65.4 Å². The van der Waals surface area contributed by atoms with E-state index in [2.05, 4.69) is 37.3 Å². The van der Waals surface area contributed by atoms with Crippen molar-refractivity contribution in [3.8, 4) is 0 Å². The number of nitrogens with zero attached hydrogens (tertiary/aromatic N) is 2. The number of carbonyl (C=O) groups is 1. The number of nitrogens with two attached hydrogens (primary N) is 1. The Balaban J connectivity index is 3.07. The molecule has 0 heterocycles. The van der Waals surface area contributed by atoms with E-state index in [-0.39, 0.29) is 12.1 Å². The molecule has 7 heteroatoms. The molecule has 202 valence electrons. The first-order valence-electron chi connectivity index (χ1n) is 12.7. The molecule has 1 rings (SSSR count). The summed E-state index contributed by atoms with van der Waals surface area (Å²) in [6.07, 6.45) is 7.16. The van der Waals surface area contributed by atoms with E-state index >= 15 is 0 Å². The Morgan fingerprint density at radius 1 is 1.22 bits per heavy atom. The highest BCUT2D eigenvalue weighted by Gasteiger charge is 2.28. The first-order valence-corrected chi connectivity index (χ1v) is 13.4. The summed E-state index contributed by atoms with van der Waals surface area (Å²) in [5.74, 6) is -0.211. The van der Waals surface area contributed by atoms with Crippen LogP contribution in [0.15, 0.2) is 53.4 Å². The number of anilines is 1. The highest BCUT2D eigenvalue weighted by atomic mass is 35.5. The van der Waals surface area contributed by atoms with Crippen molar-refractivity contribution in [2.24, 2.45) is 11.1 Å². The van der Waals surface area contributed by atoms with E-state index in [0.717, 1.165) is 60.7 Å². The van der Waals surface area contributed by atoms with Crippen LogP contribution < -0.4 is 10.6 Å². The molecule has 36 heavy (non-hydrogen) atoms. The van der Waals surface area contributed by atoms with Gasteiger partial charge in [-0.15, -0.1) is 0 Å². The van der Waals surface area contributed by atoms with Crippen LogP contribution in [-0.2, 0) is 9.53 Å². The molecule has 0 bridgehead atoms. The summed E-state index contributed by atoms with van der Waals surface area (Å²) in [5, 5.41) is 1.17. The fourth-order valence-electron chi connectivity index (χ4n) is 3.83. The van der Waals surface area contributed by atoms with Crippen molar-refractivity contribution in [2.75, 3.05) is 32.1 Å². The van der Waals surface area contributed by atoms with Gasteiger partial charge in [0, 0.05) is 50.0 Å². The number of hydrogen-bond acceptors (Lipinski definition) is 5. The van der Waals surface area contributed by atoms with E-state index in [1.807, 2.05) is 46.0 Å². The lowest BCUT2D eigenvalue weighted by atomic mass is 9.97. The number of halogens is 2. The number of hydrogen-bond donors (Lipinski definition) is 1. The Labute approximate surface area is 228 Å². The average Bonchev–Trinajstić information content (AvgIpc) is 2.79. The number of aryl methyl sites for hydroxylation is 1. The minimum atomic E-state index is -0.573. The molecule has 1 unspecified atom stereocenters. The second kappa shape index (κ2) is 15.2. The van der Waals surface area contributed by atoms with Crippen molar-refractivity contribution in [1.82, 2.24) is 4.90 Å². The van der Waals surface area contributed by atoms with E-state index in [0.29, 0.717) is 17.2 Å². The lowest BCUT2D eigenvalue weighted by Crippen LogP contribution is -2.32. The third-order valence-corrected chi connectivity index (χ3v) is 6.60. The van der Waals surface area contributed by atoms with Crippen molar-refractivity contribution >= 4 is 34.9 Å². The standard InChI is InChI=1S/C29H45Cl2N3O2/c1-9-11-14-23(36-28(35)29(4,5)6)20-26(27(32)24(31)13-10-2)34(8)18-12-17-33(7)25-16-15-22(30)19-21(25)3/h10,13,15-16,19,23H,2,9,11-12,14,17-18,20,32H2,1,3-8H3/b24-13+,27-26-. The first kappa shape index (κ1) is 31.9. The number of allylic oxidation sites excluding steroid dienone is 3. The minimum absolute atomic E-state index is 0.211. The minimum Gasteiger partial charge on any atom is -0.462 e. The van der Waals surface area contributed by atoms with Crippen LogP contribution in [-0.4, -0.2) is 44.2 Å². The zero-order valence-corrected chi connectivity index (χ0v) is 24.7. The van der Waals surface area contributed by atoms with Gasteiger partial charge in [-0.25, -0.2) is 0 Å². The topological polar surface area (TPSA) is 58.8 Å². The number of carbonyl (C=O) groups excluding carboxylic acids is 1. The molecule has 2 N–H and O–H groups in total. The van der Waals surface area contributed by atoms with Gasteiger partial charge in [0.05, 0.1) is 16.1 Å². The zero-order chi connectivity index (χ0) is 27.5. The van der Waals surface area contributed by atoms with Gasteiger partial charge >= 0.3 is 5.97 Å². The molecule has 0 saturated heterocycles. The Morgan fingerprint density at radius 2 is 1.89 bits per heavy atom. The van der Waals surface area contributed by atoms with E-state index in [1.165, 1.54) is 0 Å². The number of esters is 1. The fourth-order valence-corrected chi connectivity index (χ4v) is 4.25. The van der Waals surface area contributed by atoms with E-state index in [1.54, 1.807) is 12.2 Å². The maximum atomic E-state index is 12.7. The first-order chi connectivity index (χ1) is 16.8. The fraction of sp³-hybridized carbons (Fsp3) is 0.552. The average molecular weight is 539 g/mol. The van der Waals surface area contributed by atoms with Gasteiger partial charge in [-0.2, -0.15) is 0 Å². The maximum Gasteiger partial charge on any atom is 0.311 e. The Kier molecular flexibility index (Phi) is 13.5. The smallest absolute Gasteiger partial charge is 0.311 e.